The quantitative estimate of drug-likeness (QED) is 0.350. The van der Waals surface area contributed by atoms with Gasteiger partial charge in [-0.15, -0.1) is 0 Å². The number of carbonyl (C=O) groups is 1. The molecule has 0 saturated carbocycles. The molecular formula is C22H16ClNO3. The molecule has 4 nitrogen and oxygen atoms in total. The van der Waals surface area contributed by atoms with E-state index in [4.69, 9.17) is 26.1 Å². The van der Waals surface area contributed by atoms with Gasteiger partial charge in [-0.2, -0.15) is 0 Å². The van der Waals surface area contributed by atoms with Crippen LogP contribution >= 0.6 is 11.6 Å². The molecule has 0 aliphatic rings. The van der Waals surface area contributed by atoms with E-state index in [-0.39, 0.29) is 0 Å². The Kier molecular flexibility index (Phi) is 4.42. The zero-order valence-electron chi connectivity index (χ0n) is 14.8. The highest BCUT2D eigenvalue weighted by Crippen LogP contribution is 2.39. The van der Waals surface area contributed by atoms with E-state index in [1.165, 1.54) is 0 Å². The van der Waals surface area contributed by atoms with Crippen molar-refractivity contribution in [3.05, 3.63) is 66.2 Å². The average Bonchev–Trinajstić information content (AvgIpc) is 2.72. The molecule has 0 aliphatic carbocycles. The molecule has 0 atom stereocenters. The highest BCUT2D eigenvalue weighted by atomic mass is 35.5. The third-order valence-corrected chi connectivity index (χ3v) is 4.80. The van der Waals surface area contributed by atoms with Crippen LogP contribution in [0.3, 0.4) is 0 Å². The van der Waals surface area contributed by atoms with Crippen LogP contribution in [0.1, 0.15) is 10.4 Å². The van der Waals surface area contributed by atoms with E-state index >= 15 is 0 Å². The normalized spacial score (nSPS) is 10.9. The van der Waals surface area contributed by atoms with Gasteiger partial charge >= 0.3 is 0 Å². The average molecular weight is 378 g/mol. The molecule has 1 aromatic heterocycles. The fourth-order valence-electron chi connectivity index (χ4n) is 3.34. The lowest BCUT2D eigenvalue weighted by molar-refractivity contribution is 0.108. The molecule has 0 amide bonds. The molecule has 0 radical (unpaired) electrons. The van der Waals surface area contributed by atoms with Crippen molar-refractivity contribution < 1.29 is 14.3 Å². The summed E-state index contributed by atoms with van der Waals surface area (Å²) >= 11 is 5.89. The van der Waals surface area contributed by atoms with E-state index in [2.05, 4.69) is 0 Å². The van der Waals surface area contributed by atoms with Gasteiger partial charge in [0.2, 0.25) is 0 Å². The molecule has 0 aliphatic heterocycles. The van der Waals surface area contributed by atoms with Crippen LogP contribution in [-0.4, -0.2) is 24.4 Å². The Morgan fingerprint density at radius 2 is 1.59 bits per heavy atom. The van der Waals surface area contributed by atoms with E-state index in [0.717, 1.165) is 16.3 Å². The van der Waals surface area contributed by atoms with Crippen LogP contribution in [0, 0.1) is 0 Å². The number of ether oxygens (including phenoxy) is 2. The molecule has 0 fully saturated rings. The minimum absolute atomic E-state index is 0.428. The topological polar surface area (TPSA) is 48.4 Å². The second kappa shape index (κ2) is 6.89. The molecule has 27 heavy (non-hydrogen) atoms. The van der Waals surface area contributed by atoms with Crippen molar-refractivity contribution in [2.24, 2.45) is 0 Å². The van der Waals surface area contributed by atoms with Crippen LogP contribution < -0.4 is 9.47 Å². The van der Waals surface area contributed by atoms with Gasteiger partial charge in [0.05, 0.1) is 25.4 Å². The SMILES string of the molecule is COc1ccc2c(ccc3c(C(=O)Cl)cc(-c4ccccc4)nc32)c1OC. The minimum Gasteiger partial charge on any atom is -0.493 e. The summed E-state index contributed by atoms with van der Waals surface area (Å²) in [6.07, 6.45) is 0. The van der Waals surface area contributed by atoms with Crippen molar-refractivity contribution in [2.45, 2.75) is 0 Å². The van der Waals surface area contributed by atoms with Crippen LogP contribution in [0.2, 0.25) is 0 Å². The predicted octanol–water partition coefficient (Wildman–Crippen LogP) is 5.45. The van der Waals surface area contributed by atoms with E-state index in [9.17, 15) is 4.79 Å². The minimum atomic E-state index is -0.514. The first-order valence-corrected chi connectivity index (χ1v) is 8.75. The van der Waals surface area contributed by atoms with Gasteiger partial charge in [0, 0.05) is 27.3 Å². The largest absolute Gasteiger partial charge is 0.493 e. The highest BCUT2D eigenvalue weighted by Gasteiger charge is 2.17. The molecule has 0 unspecified atom stereocenters. The molecule has 134 valence electrons. The number of rotatable bonds is 4. The van der Waals surface area contributed by atoms with E-state index in [1.807, 2.05) is 54.6 Å². The molecule has 4 aromatic rings. The molecule has 5 heteroatoms. The van der Waals surface area contributed by atoms with Crippen molar-refractivity contribution in [1.29, 1.82) is 0 Å². The second-order valence-corrected chi connectivity index (χ2v) is 6.40. The lowest BCUT2D eigenvalue weighted by Crippen LogP contribution is -1.98. The number of benzene rings is 3. The first-order valence-electron chi connectivity index (χ1n) is 8.37. The summed E-state index contributed by atoms with van der Waals surface area (Å²) in [6, 6.07) is 18.9. The number of halogens is 1. The Balaban J connectivity index is 2.13. The standard InChI is InChI=1S/C22H16ClNO3/c1-26-19-11-10-14-16(21(19)27-2)9-8-15-17(22(23)25)12-18(24-20(14)15)13-6-4-3-5-7-13/h3-12H,1-2H3. The molecule has 0 spiro atoms. The summed E-state index contributed by atoms with van der Waals surface area (Å²) in [4.78, 5) is 16.9. The highest BCUT2D eigenvalue weighted by molar-refractivity contribution is 6.68. The first kappa shape index (κ1) is 17.3. The van der Waals surface area contributed by atoms with Crippen LogP contribution in [0.15, 0.2) is 60.7 Å². The Bertz CT molecular complexity index is 1170. The van der Waals surface area contributed by atoms with Crippen molar-refractivity contribution in [3.8, 4) is 22.8 Å². The summed E-state index contributed by atoms with van der Waals surface area (Å²) in [6.45, 7) is 0. The molecule has 0 bridgehead atoms. The number of nitrogens with zero attached hydrogens (tertiary/aromatic N) is 1. The van der Waals surface area contributed by atoms with Crippen molar-refractivity contribution in [3.63, 3.8) is 0 Å². The number of methoxy groups -OCH3 is 2. The third-order valence-electron chi connectivity index (χ3n) is 4.60. The van der Waals surface area contributed by atoms with Crippen molar-refractivity contribution in [1.82, 2.24) is 4.98 Å². The lowest BCUT2D eigenvalue weighted by atomic mass is 10.00. The van der Waals surface area contributed by atoms with Gasteiger partial charge < -0.3 is 9.47 Å². The summed E-state index contributed by atoms with van der Waals surface area (Å²) in [5, 5.41) is 1.91. The Morgan fingerprint density at radius 1 is 0.889 bits per heavy atom. The predicted molar refractivity (Wildman–Crippen MR) is 108 cm³/mol. The zero-order chi connectivity index (χ0) is 19.0. The molecular weight excluding hydrogens is 362 g/mol. The van der Waals surface area contributed by atoms with E-state index in [0.29, 0.717) is 33.7 Å². The Labute approximate surface area is 161 Å². The Hall–Kier alpha value is -3.11. The number of pyridine rings is 1. The van der Waals surface area contributed by atoms with Crippen LogP contribution in [0.5, 0.6) is 11.5 Å². The fraction of sp³-hybridized carbons (Fsp3) is 0.0909. The fourth-order valence-corrected chi connectivity index (χ4v) is 3.49. The van der Waals surface area contributed by atoms with Gasteiger partial charge in [-0.25, -0.2) is 4.98 Å². The van der Waals surface area contributed by atoms with Gasteiger partial charge in [0.15, 0.2) is 11.5 Å². The van der Waals surface area contributed by atoms with Gasteiger partial charge in [0.1, 0.15) is 0 Å². The maximum Gasteiger partial charge on any atom is 0.253 e. The maximum atomic E-state index is 12.1. The van der Waals surface area contributed by atoms with Gasteiger partial charge in [-0.05, 0) is 35.9 Å². The zero-order valence-corrected chi connectivity index (χ0v) is 15.6. The smallest absolute Gasteiger partial charge is 0.253 e. The van der Waals surface area contributed by atoms with E-state index < -0.39 is 5.24 Å². The van der Waals surface area contributed by atoms with Crippen LogP contribution in [-0.2, 0) is 0 Å². The van der Waals surface area contributed by atoms with Crippen molar-refractivity contribution in [2.75, 3.05) is 14.2 Å². The summed E-state index contributed by atoms with van der Waals surface area (Å²) in [7, 11) is 3.20. The van der Waals surface area contributed by atoms with E-state index in [1.54, 1.807) is 20.3 Å². The number of aromatic nitrogens is 1. The number of hydrogen-bond donors (Lipinski definition) is 0. The molecule has 4 rings (SSSR count). The molecule has 1 heterocycles. The molecule has 3 aromatic carbocycles. The molecule has 0 N–H and O–H groups in total. The summed E-state index contributed by atoms with van der Waals surface area (Å²) in [5.41, 5.74) is 2.72. The summed E-state index contributed by atoms with van der Waals surface area (Å²) in [5.74, 6) is 1.26. The van der Waals surface area contributed by atoms with Crippen LogP contribution in [0.4, 0.5) is 0 Å². The monoisotopic (exact) mass is 377 g/mol. The third kappa shape index (κ3) is 2.88. The Morgan fingerprint density at radius 3 is 2.26 bits per heavy atom. The van der Waals surface area contributed by atoms with Gasteiger partial charge in [-0.3, -0.25) is 4.79 Å². The number of hydrogen-bond acceptors (Lipinski definition) is 4. The van der Waals surface area contributed by atoms with Crippen LogP contribution in [0.25, 0.3) is 32.9 Å². The maximum absolute atomic E-state index is 12.1. The van der Waals surface area contributed by atoms with Gasteiger partial charge in [0.25, 0.3) is 5.24 Å². The second-order valence-electron chi connectivity index (χ2n) is 6.05. The van der Waals surface area contributed by atoms with Crippen molar-refractivity contribution >= 4 is 38.5 Å². The number of fused-ring (bicyclic) bond motifs is 3. The lowest BCUT2D eigenvalue weighted by Gasteiger charge is -2.14. The first-order chi connectivity index (χ1) is 13.1. The summed E-state index contributed by atoms with van der Waals surface area (Å²) < 4.78 is 10.9. The molecule has 0 saturated heterocycles. The van der Waals surface area contributed by atoms with Gasteiger partial charge in [-0.1, -0.05) is 36.4 Å². The number of carbonyl (C=O) groups excluding carboxylic acids is 1.